The van der Waals surface area contributed by atoms with E-state index in [-0.39, 0.29) is 0 Å². The minimum Gasteiger partial charge on any atom is -0.496 e. The smallest absolute Gasteiger partial charge is 0.193 e. The van der Waals surface area contributed by atoms with Crippen LogP contribution in [0.5, 0.6) is 5.75 Å². The van der Waals surface area contributed by atoms with Crippen LogP contribution < -0.4 is 10.1 Å². The Kier molecular flexibility index (Phi) is 8.06. The predicted octanol–water partition coefficient (Wildman–Crippen LogP) is 2.87. The number of nitrogens with one attached hydrogen (secondary N) is 1. The molecule has 1 saturated heterocycles. The predicted molar refractivity (Wildman–Crippen MR) is 104 cm³/mol. The van der Waals surface area contributed by atoms with Gasteiger partial charge in [0.15, 0.2) is 5.96 Å². The highest BCUT2D eigenvalue weighted by Crippen LogP contribution is 2.19. The molecule has 0 aliphatic carbocycles. The number of aliphatic imine (C=N–C) groups is 1. The number of hydrogen-bond donors (Lipinski definition) is 1. The van der Waals surface area contributed by atoms with E-state index in [0.29, 0.717) is 5.92 Å². The van der Waals surface area contributed by atoms with Crippen LogP contribution in [0, 0.1) is 12.8 Å². The number of rotatable bonds is 8. The van der Waals surface area contributed by atoms with Crippen molar-refractivity contribution in [3.63, 3.8) is 0 Å². The second kappa shape index (κ2) is 10.3. The van der Waals surface area contributed by atoms with E-state index in [0.717, 1.165) is 57.5 Å². The van der Waals surface area contributed by atoms with Crippen molar-refractivity contribution < 1.29 is 9.47 Å². The van der Waals surface area contributed by atoms with Crippen molar-refractivity contribution >= 4 is 5.96 Å². The van der Waals surface area contributed by atoms with E-state index in [1.54, 1.807) is 7.11 Å². The third-order valence-corrected chi connectivity index (χ3v) is 4.61. The number of likely N-dealkylation sites (tertiary alicyclic amines) is 1. The highest BCUT2D eigenvalue weighted by molar-refractivity contribution is 5.80. The van der Waals surface area contributed by atoms with E-state index in [1.807, 2.05) is 0 Å². The molecule has 1 aliphatic rings. The van der Waals surface area contributed by atoms with E-state index < -0.39 is 0 Å². The fraction of sp³-hybridized carbons (Fsp3) is 0.650. The molecule has 0 amide bonds. The number of benzene rings is 1. The molecule has 1 unspecified atom stereocenters. The van der Waals surface area contributed by atoms with Gasteiger partial charge >= 0.3 is 0 Å². The number of guanidine groups is 1. The minimum atomic E-state index is 0.616. The number of methoxy groups -OCH3 is 1. The molecule has 1 heterocycles. The van der Waals surface area contributed by atoms with E-state index in [2.05, 4.69) is 49.2 Å². The first-order valence-corrected chi connectivity index (χ1v) is 9.42. The summed E-state index contributed by atoms with van der Waals surface area (Å²) in [5.74, 6) is 2.59. The van der Waals surface area contributed by atoms with Crippen molar-refractivity contribution in [2.45, 2.75) is 33.6 Å². The van der Waals surface area contributed by atoms with Crippen LogP contribution in [0.3, 0.4) is 0 Å². The molecule has 1 aliphatic heterocycles. The second-order valence-electron chi connectivity index (χ2n) is 6.55. The normalized spacial score (nSPS) is 17.8. The molecule has 2 rings (SSSR count). The van der Waals surface area contributed by atoms with Crippen LogP contribution >= 0.6 is 0 Å². The van der Waals surface area contributed by atoms with Crippen molar-refractivity contribution in [2.24, 2.45) is 10.9 Å². The quantitative estimate of drug-likeness (QED) is 0.580. The minimum absolute atomic E-state index is 0.616. The average Bonchev–Trinajstić information content (AvgIpc) is 3.09. The van der Waals surface area contributed by atoms with Gasteiger partial charge in [0.2, 0.25) is 0 Å². The fourth-order valence-corrected chi connectivity index (χ4v) is 3.18. The maximum atomic E-state index is 5.58. The molecule has 1 aromatic rings. The highest BCUT2D eigenvalue weighted by atomic mass is 16.5. The largest absolute Gasteiger partial charge is 0.496 e. The van der Waals surface area contributed by atoms with Crippen molar-refractivity contribution in [1.82, 2.24) is 10.2 Å². The van der Waals surface area contributed by atoms with Gasteiger partial charge in [-0.05, 0) is 50.8 Å². The van der Waals surface area contributed by atoms with Gasteiger partial charge in [-0.2, -0.15) is 0 Å². The lowest BCUT2D eigenvalue weighted by atomic mass is 10.1. The monoisotopic (exact) mass is 347 g/mol. The molecule has 1 fully saturated rings. The van der Waals surface area contributed by atoms with Crippen molar-refractivity contribution in [3.05, 3.63) is 29.3 Å². The Bertz CT molecular complexity index is 560. The van der Waals surface area contributed by atoms with Crippen LogP contribution in [-0.2, 0) is 11.2 Å². The fourth-order valence-electron chi connectivity index (χ4n) is 3.18. The third kappa shape index (κ3) is 5.92. The van der Waals surface area contributed by atoms with Gasteiger partial charge in [0.25, 0.3) is 0 Å². The van der Waals surface area contributed by atoms with Gasteiger partial charge in [-0.3, -0.25) is 4.99 Å². The van der Waals surface area contributed by atoms with E-state index in [4.69, 9.17) is 14.5 Å². The molecule has 0 aromatic heterocycles. The summed E-state index contributed by atoms with van der Waals surface area (Å²) < 4.78 is 11.0. The molecule has 1 N–H and O–H groups in total. The Balaban J connectivity index is 1.91. The zero-order valence-electron chi connectivity index (χ0n) is 16.2. The Morgan fingerprint density at radius 3 is 2.92 bits per heavy atom. The van der Waals surface area contributed by atoms with E-state index in [1.165, 1.54) is 17.5 Å². The molecule has 0 bridgehead atoms. The Morgan fingerprint density at radius 2 is 2.20 bits per heavy atom. The summed E-state index contributed by atoms with van der Waals surface area (Å²) in [6.07, 6.45) is 2.10. The molecule has 140 valence electrons. The Hall–Kier alpha value is -1.75. The van der Waals surface area contributed by atoms with Gasteiger partial charge in [-0.1, -0.05) is 12.1 Å². The number of hydrogen-bond acceptors (Lipinski definition) is 3. The average molecular weight is 348 g/mol. The lowest BCUT2D eigenvalue weighted by Gasteiger charge is -2.21. The lowest BCUT2D eigenvalue weighted by molar-refractivity contribution is 0.114. The highest BCUT2D eigenvalue weighted by Gasteiger charge is 2.24. The molecular formula is C20H33N3O2. The van der Waals surface area contributed by atoms with Crippen LogP contribution in [0.2, 0.25) is 0 Å². The molecule has 25 heavy (non-hydrogen) atoms. The molecule has 1 aromatic carbocycles. The maximum Gasteiger partial charge on any atom is 0.193 e. The first-order chi connectivity index (χ1) is 12.2. The number of aryl methyl sites for hydroxylation is 1. The SMILES string of the molecule is CCNC(=NCCc1ccc(C)c(OC)c1)N1CCC(COCC)C1. The van der Waals surface area contributed by atoms with Crippen LogP contribution in [0.1, 0.15) is 31.4 Å². The van der Waals surface area contributed by atoms with Gasteiger partial charge in [0, 0.05) is 38.7 Å². The van der Waals surface area contributed by atoms with Gasteiger partial charge in [0.05, 0.1) is 13.7 Å². The summed E-state index contributed by atoms with van der Waals surface area (Å²) in [5, 5.41) is 3.43. The molecular weight excluding hydrogens is 314 g/mol. The van der Waals surface area contributed by atoms with E-state index in [9.17, 15) is 0 Å². The van der Waals surface area contributed by atoms with Gasteiger partial charge in [-0.25, -0.2) is 0 Å². The molecule has 5 nitrogen and oxygen atoms in total. The summed E-state index contributed by atoms with van der Waals surface area (Å²) in [4.78, 5) is 7.20. The zero-order chi connectivity index (χ0) is 18.1. The summed E-state index contributed by atoms with van der Waals surface area (Å²) in [6, 6.07) is 6.39. The third-order valence-electron chi connectivity index (χ3n) is 4.61. The van der Waals surface area contributed by atoms with Gasteiger partial charge < -0.3 is 19.7 Å². The number of nitrogens with zero attached hydrogens (tertiary/aromatic N) is 2. The standard InChI is InChI=1S/C20H33N3O2/c1-5-21-20(23-12-10-18(14-23)15-25-6-2)22-11-9-17-8-7-16(3)19(13-17)24-4/h7-8,13,18H,5-6,9-12,14-15H2,1-4H3,(H,21,22). The first kappa shape index (κ1) is 19.6. The van der Waals surface area contributed by atoms with Crippen molar-refractivity contribution in [1.29, 1.82) is 0 Å². The van der Waals surface area contributed by atoms with Crippen molar-refractivity contribution in [3.8, 4) is 5.75 Å². The summed E-state index contributed by atoms with van der Waals surface area (Å²) in [6.45, 7) is 11.7. The second-order valence-corrected chi connectivity index (χ2v) is 6.55. The van der Waals surface area contributed by atoms with Crippen molar-refractivity contribution in [2.75, 3.05) is 46.5 Å². The molecule has 5 heteroatoms. The summed E-state index contributed by atoms with van der Waals surface area (Å²) >= 11 is 0. The Morgan fingerprint density at radius 1 is 1.36 bits per heavy atom. The molecule has 0 saturated carbocycles. The Labute approximate surface area is 152 Å². The van der Waals surface area contributed by atoms with Gasteiger partial charge in [0.1, 0.15) is 5.75 Å². The van der Waals surface area contributed by atoms with E-state index >= 15 is 0 Å². The topological polar surface area (TPSA) is 46.1 Å². The zero-order valence-corrected chi connectivity index (χ0v) is 16.2. The molecule has 0 spiro atoms. The summed E-state index contributed by atoms with van der Waals surface area (Å²) in [5.41, 5.74) is 2.43. The van der Waals surface area contributed by atoms with Gasteiger partial charge in [-0.15, -0.1) is 0 Å². The van der Waals surface area contributed by atoms with Crippen LogP contribution in [0.4, 0.5) is 0 Å². The van der Waals surface area contributed by atoms with Crippen LogP contribution in [0.25, 0.3) is 0 Å². The van der Waals surface area contributed by atoms with Crippen LogP contribution in [0.15, 0.2) is 23.2 Å². The summed E-state index contributed by atoms with van der Waals surface area (Å²) in [7, 11) is 1.72. The first-order valence-electron chi connectivity index (χ1n) is 9.42. The lowest BCUT2D eigenvalue weighted by Crippen LogP contribution is -2.40. The molecule has 1 atom stereocenters. The van der Waals surface area contributed by atoms with Crippen LogP contribution in [-0.4, -0.2) is 57.4 Å². The maximum absolute atomic E-state index is 5.58. The number of ether oxygens (including phenoxy) is 2. The molecule has 0 radical (unpaired) electrons.